The van der Waals surface area contributed by atoms with Crippen LogP contribution >= 0.6 is 0 Å². The van der Waals surface area contributed by atoms with E-state index in [4.69, 9.17) is 0 Å². The molecule has 8 nitrogen and oxygen atoms in total. The highest BCUT2D eigenvalue weighted by Gasteiger charge is 2.18. The van der Waals surface area contributed by atoms with Gasteiger partial charge in [-0.3, -0.25) is 14.2 Å². The van der Waals surface area contributed by atoms with E-state index in [-0.39, 0.29) is 21.0 Å². The molecule has 10 heteroatoms. The topological polar surface area (TPSA) is 121 Å². The number of amides is 1. The van der Waals surface area contributed by atoms with Crippen molar-refractivity contribution in [1.82, 2.24) is 0 Å². The first-order valence-corrected chi connectivity index (χ1v) is 14.6. The van der Waals surface area contributed by atoms with Crippen LogP contribution in [0.4, 0.5) is 17.1 Å². The lowest BCUT2D eigenvalue weighted by Crippen LogP contribution is -2.16. The van der Waals surface area contributed by atoms with Crippen molar-refractivity contribution in [3.8, 4) is 0 Å². The first kappa shape index (κ1) is 26.9. The highest BCUT2D eigenvalue weighted by atomic mass is 32.2. The van der Waals surface area contributed by atoms with E-state index in [1.165, 1.54) is 42.5 Å². The smallest absolute Gasteiger partial charge is 0.261 e. The second-order valence-electron chi connectivity index (χ2n) is 8.85. The molecule has 0 aliphatic heterocycles. The van der Waals surface area contributed by atoms with Gasteiger partial charge in [0.1, 0.15) is 0 Å². The summed E-state index contributed by atoms with van der Waals surface area (Å²) in [5.41, 5.74) is 3.75. The van der Waals surface area contributed by atoms with Crippen molar-refractivity contribution >= 4 is 43.0 Å². The number of hydrogen-bond donors (Lipinski definition) is 3. The van der Waals surface area contributed by atoms with E-state index in [0.717, 1.165) is 11.1 Å². The molecule has 3 N–H and O–H groups in total. The number of anilines is 3. The lowest BCUT2D eigenvalue weighted by atomic mass is 10.1. The van der Waals surface area contributed by atoms with Crippen LogP contribution in [0.25, 0.3) is 0 Å². The first-order valence-electron chi connectivity index (χ1n) is 11.6. The molecular weight excluding hydrogens is 522 g/mol. The van der Waals surface area contributed by atoms with Crippen molar-refractivity contribution in [2.24, 2.45) is 0 Å². The van der Waals surface area contributed by atoms with Gasteiger partial charge < -0.3 is 5.32 Å². The maximum Gasteiger partial charge on any atom is 0.261 e. The Kier molecular flexibility index (Phi) is 7.56. The molecular formula is C28H27N3O5S2. The van der Waals surface area contributed by atoms with Crippen LogP contribution in [0.3, 0.4) is 0 Å². The normalized spacial score (nSPS) is 11.6. The largest absolute Gasteiger partial charge is 0.322 e. The quantitative estimate of drug-likeness (QED) is 0.269. The molecule has 0 aliphatic carbocycles. The van der Waals surface area contributed by atoms with Crippen LogP contribution in [0.15, 0.2) is 101 Å². The number of carbonyl (C=O) groups is 1. The van der Waals surface area contributed by atoms with Gasteiger partial charge in [0.05, 0.1) is 21.2 Å². The summed E-state index contributed by atoms with van der Waals surface area (Å²) in [4.78, 5) is 13.1. The molecule has 1 amide bonds. The van der Waals surface area contributed by atoms with Gasteiger partial charge in [0.15, 0.2) is 0 Å². The molecule has 0 spiro atoms. The second kappa shape index (κ2) is 10.7. The molecule has 4 aromatic rings. The minimum Gasteiger partial charge on any atom is -0.322 e. The van der Waals surface area contributed by atoms with E-state index in [1.807, 2.05) is 13.0 Å². The number of hydrogen-bond acceptors (Lipinski definition) is 5. The zero-order valence-corrected chi connectivity index (χ0v) is 22.7. The molecule has 4 aromatic carbocycles. The van der Waals surface area contributed by atoms with Crippen LogP contribution in [0, 0.1) is 20.8 Å². The zero-order chi connectivity index (χ0) is 27.5. The fourth-order valence-corrected chi connectivity index (χ4v) is 5.86. The van der Waals surface area contributed by atoms with Crippen LogP contribution < -0.4 is 14.8 Å². The number of carbonyl (C=O) groups excluding carboxylic acids is 1. The van der Waals surface area contributed by atoms with Gasteiger partial charge in [0, 0.05) is 11.3 Å². The Bertz CT molecular complexity index is 1700. The fraction of sp³-hybridized carbons (Fsp3) is 0.107. The Hall–Kier alpha value is -4.15. The predicted molar refractivity (Wildman–Crippen MR) is 150 cm³/mol. The van der Waals surface area contributed by atoms with Gasteiger partial charge >= 0.3 is 0 Å². The summed E-state index contributed by atoms with van der Waals surface area (Å²) in [6, 6.07) is 24.0. The van der Waals surface area contributed by atoms with Gasteiger partial charge in [-0.25, -0.2) is 16.8 Å². The Morgan fingerprint density at radius 1 is 0.605 bits per heavy atom. The third kappa shape index (κ3) is 6.21. The molecule has 0 aliphatic rings. The van der Waals surface area contributed by atoms with Crippen LogP contribution in [0.5, 0.6) is 0 Å². The summed E-state index contributed by atoms with van der Waals surface area (Å²) in [6.07, 6.45) is 0. The highest BCUT2D eigenvalue weighted by Crippen LogP contribution is 2.24. The summed E-state index contributed by atoms with van der Waals surface area (Å²) >= 11 is 0. The zero-order valence-electron chi connectivity index (χ0n) is 21.0. The molecule has 0 atom stereocenters. The maximum absolute atomic E-state index is 12.9. The Labute approximate surface area is 222 Å². The molecule has 0 aromatic heterocycles. The summed E-state index contributed by atoms with van der Waals surface area (Å²) in [7, 11) is -7.66. The number of benzene rings is 4. The van der Waals surface area contributed by atoms with E-state index in [0.29, 0.717) is 16.9 Å². The Morgan fingerprint density at radius 3 is 1.74 bits per heavy atom. The standard InChI is InChI=1S/C28H27N3O5S2/c1-19-8-14-24(15-9-19)38(35,36)31-27-18-22(11-10-21(27)3)28(32)29-23-12-16-25(17-13-23)37(33,34)30-26-7-5-4-6-20(26)2/h4-18,30-31H,1-3H3,(H,29,32). The predicted octanol–water partition coefficient (Wildman–Crippen LogP) is 5.47. The second-order valence-corrected chi connectivity index (χ2v) is 12.2. The van der Waals surface area contributed by atoms with Crippen molar-refractivity contribution in [2.45, 2.75) is 30.6 Å². The number of sulfonamides is 2. The van der Waals surface area contributed by atoms with Gasteiger partial charge in [0.2, 0.25) is 0 Å². The summed E-state index contributed by atoms with van der Waals surface area (Å²) in [5, 5.41) is 2.71. The average Bonchev–Trinajstić information content (AvgIpc) is 2.87. The Morgan fingerprint density at radius 2 is 1.13 bits per heavy atom. The third-order valence-electron chi connectivity index (χ3n) is 5.89. The van der Waals surface area contributed by atoms with Crippen molar-refractivity contribution < 1.29 is 21.6 Å². The minimum absolute atomic E-state index is 0.0434. The van der Waals surface area contributed by atoms with E-state index in [9.17, 15) is 21.6 Å². The maximum atomic E-state index is 12.9. The van der Waals surface area contributed by atoms with Gasteiger partial charge in [-0.15, -0.1) is 0 Å². The highest BCUT2D eigenvalue weighted by molar-refractivity contribution is 7.93. The summed E-state index contributed by atoms with van der Waals surface area (Å²) < 4.78 is 56.3. The molecule has 0 heterocycles. The van der Waals surface area contributed by atoms with Crippen LogP contribution in [0.1, 0.15) is 27.0 Å². The van der Waals surface area contributed by atoms with Crippen molar-refractivity contribution in [2.75, 3.05) is 14.8 Å². The molecule has 4 rings (SSSR count). The third-order valence-corrected chi connectivity index (χ3v) is 8.65. The number of nitrogens with one attached hydrogen (secondary N) is 3. The minimum atomic E-state index is -3.84. The van der Waals surface area contributed by atoms with Crippen molar-refractivity contribution in [1.29, 1.82) is 0 Å². The summed E-state index contributed by atoms with van der Waals surface area (Å²) in [5.74, 6) is -0.477. The number of para-hydroxylation sites is 1. The lowest BCUT2D eigenvalue weighted by molar-refractivity contribution is 0.102. The molecule has 196 valence electrons. The van der Waals surface area contributed by atoms with Gasteiger partial charge in [-0.1, -0.05) is 42.0 Å². The monoisotopic (exact) mass is 549 g/mol. The molecule has 0 radical (unpaired) electrons. The number of aryl methyl sites for hydroxylation is 3. The molecule has 0 fully saturated rings. The van der Waals surface area contributed by atoms with E-state index < -0.39 is 26.0 Å². The van der Waals surface area contributed by atoms with E-state index in [2.05, 4.69) is 14.8 Å². The van der Waals surface area contributed by atoms with Crippen LogP contribution in [0.2, 0.25) is 0 Å². The van der Waals surface area contributed by atoms with Crippen LogP contribution in [-0.4, -0.2) is 22.7 Å². The lowest BCUT2D eigenvalue weighted by Gasteiger charge is -2.13. The molecule has 38 heavy (non-hydrogen) atoms. The molecule has 0 saturated heterocycles. The van der Waals surface area contributed by atoms with Gasteiger partial charge in [0.25, 0.3) is 26.0 Å². The van der Waals surface area contributed by atoms with Crippen LogP contribution in [-0.2, 0) is 20.0 Å². The Balaban J connectivity index is 1.48. The summed E-state index contributed by atoms with van der Waals surface area (Å²) in [6.45, 7) is 5.41. The van der Waals surface area contributed by atoms with E-state index >= 15 is 0 Å². The molecule has 0 unspecified atom stereocenters. The molecule has 0 bridgehead atoms. The van der Waals surface area contributed by atoms with Crippen molar-refractivity contribution in [3.05, 3.63) is 113 Å². The average molecular weight is 550 g/mol. The van der Waals surface area contributed by atoms with Gasteiger partial charge in [-0.05, 0) is 86.5 Å². The SMILES string of the molecule is Cc1ccc(S(=O)(=O)Nc2cc(C(=O)Nc3ccc(S(=O)(=O)Nc4ccccc4C)cc3)ccc2C)cc1. The van der Waals surface area contributed by atoms with Crippen molar-refractivity contribution in [3.63, 3.8) is 0 Å². The number of rotatable bonds is 8. The van der Waals surface area contributed by atoms with Gasteiger partial charge in [-0.2, -0.15) is 0 Å². The van der Waals surface area contributed by atoms with E-state index in [1.54, 1.807) is 56.3 Å². The first-order chi connectivity index (χ1) is 17.9. The fourth-order valence-electron chi connectivity index (χ4n) is 3.61. The molecule has 0 saturated carbocycles.